The summed E-state index contributed by atoms with van der Waals surface area (Å²) in [6.07, 6.45) is 1.54. The monoisotopic (exact) mass is 292 g/mol. The number of fused-ring (bicyclic) bond motifs is 1. The number of rotatable bonds is 5. The van der Waals surface area contributed by atoms with Gasteiger partial charge in [0.2, 0.25) is 10.0 Å². The smallest absolute Gasteiger partial charge is 0.268 e. The maximum Gasteiger partial charge on any atom is 0.268 e. The van der Waals surface area contributed by atoms with E-state index in [0.717, 1.165) is 0 Å². The Kier molecular flexibility index (Phi) is 4.05. The summed E-state index contributed by atoms with van der Waals surface area (Å²) in [4.78, 5) is 12.0. The Hall–Kier alpha value is -2.33. The van der Waals surface area contributed by atoms with Gasteiger partial charge in [-0.05, 0) is 12.5 Å². The first-order chi connectivity index (χ1) is 9.53. The van der Waals surface area contributed by atoms with Crippen molar-refractivity contribution in [3.63, 3.8) is 0 Å². The Balaban J connectivity index is 2.14. The molecule has 20 heavy (non-hydrogen) atoms. The number of hydrogen-bond acceptors (Lipinski definition) is 5. The van der Waals surface area contributed by atoms with Crippen molar-refractivity contribution in [2.45, 2.75) is 12.8 Å². The van der Waals surface area contributed by atoms with Crippen LogP contribution in [0.15, 0.2) is 34.9 Å². The zero-order valence-electron chi connectivity index (χ0n) is 10.5. The molecule has 0 radical (unpaired) electrons. The average molecular weight is 292 g/mol. The van der Waals surface area contributed by atoms with Gasteiger partial charge in [-0.2, -0.15) is 5.26 Å². The van der Waals surface area contributed by atoms with Gasteiger partial charge in [-0.3, -0.25) is 4.79 Å². The van der Waals surface area contributed by atoms with E-state index in [9.17, 15) is 13.2 Å². The number of sulfonamides is 1. The van der Waals surface area contributed by atoms with Crippen LogP contribution in [-0.2, 0) is 10.0 Å². The van der Waals surface area contributed by atoms with E-state index in [0.29, 0.717) is 11.0 Å². The number of unbranched alkanes of at least 4 members (excludes halogenated alkanes) is 1. The van der Waals surface area contributed by atoms with Crippen molar-refractivity contribution in [3.05, 3.63) is 36.1 Å². The standard InChI is InChI=1S/C13H12N2O4S/c14-7-3-4-8-20(17,18)15-13(16)11-9-19-12-6-2-1-5-10(11)12/h1-2,5-6,9H,3-4,8H2,(H,15,16). The topological polar surface area (TPSA) is 100 Å². The summed E-state index contributed by atoms with van der Waals surface area (Å²) in [5.74, 6) is -0.992. The molecule has 104 valence electrons. The fraction of sp³-hybridized carbons (Fsp3) is 0.231. The van der Waals surface area contributed by atoms with Crippen LogP contribution < -0.4 is 4.72 Å². The van der Waals surface area contributed by atoms with Crippen LogP contribution in [-0.4, -0.2) is 20.1 Å². The van der Waals surface area contributed by atoms with Crippen molar-refractivity contribution in [1.29, 1.82) is 5.26 Å². The molecule has 0 aliphatic rings. The third-order valence-electron chi connectivity index (χ3n) is 2.68. The number of amides is 1. The Morgan fingerprint density at radius 2 is 2.10 bits per heavy atom. The fourth-order valence-electron chi connectivity index (χ4n) is 1.74. The highest BCUT2D eigenvalue weighted by Crippen LogP contribution is 2.20. The normalized spacial score (nSPS) is 11.2. The van der Waals surface area contributed by atoms with Crippen molar-refractivity contribution in [1.82, 2.24) is 4.72 Å². The molecule has 0 aliphatic carbocycles. The molecule has 1 heterocycles. The number of para-hydroxylation sites is 1. The number of nitriles is 1. The van der Waals surface area contributed by atoms with E-state index in [-0.39, 0.29) is 24.2 Å². The first kappa shape index (κ1) is 14.1. The van der Waals surface area contributed by atoms with Gasteiger partial charge in [0, 0.05) is 11.8 Å². The molecule has 0 atom stereocenters. The van der Waals surface area contributed by atoms with Gasteiger partial charge in [-0.1, -0.05) is 18.2 Å². The molecule has 0 bridgehead atoms. The van der Waals surface area contributed by atoms with Gasteiger partial charge < -0.3 is 4.42 Å². The molecule has 2 aromatic rings. The van der Waals surface area contributed by atoms with E-state index < -0.39 is 15.9 Å². The number of hydrogen-bond donors (Lipinski definition) is 1. The third-order valence-corrected chi connectivity index (χ3v) is 4.00. The van der Waals surface area contributed by atoms with Crippen molar-refractivity contribution in [3.8, 4) is 6.07 Å². The first-order valence-corrected chi connectivity index (χ1v) is 7.57. The highest BCUT2D eigenvalue weighted by molar-refractivity contribution is 7.90. The lowest BCUT2D eigenvalue weighted by Gasteiger charge is -2.04. The van der Waals surface area contributed by atoms with Gasteiger partial charge in [0.15, 0.2) is 0 Å². The number of carbonyl (C=O) groups is 1. The number of benzene rings is 1. The molecule has 2 rings (SSSR count). The van der Waals surface area contributed by atoms with Gasteiger partial charge in [-0.15, -0.1) is 0 Å². The lowest BCUT2D eigenvalue weighted by Crippen LogP contribution is -2.32. The Morgan fingerprint density at radius 1 is 1.35 bits per heavy atom. The maximum atomic E-state index is 12.0. The molecule has 0 unspecified atom stereocenters. The Bertz CT molecular complexity index is 771. The molecule has 0 spiro atoms. The van der Waals surface area contributed by atoms with Crippen molar-refractivity contribution in [2.24, 2.45) is 0 Å². The quantitative estimate of drug-likeness (QED) is 0.847. The lowest BCUT2D eigenvalue weighted by molar-refractivity contribution is 0.0982. The van der Waals surface area contributed by atoms with E-state index in [1.165, 1.54) is 6.26 Å². The first-order valence-electron chi connectivity index (χ1n) is 5.91. The summed E-state index contributed by atoms with van der Waals surface area (Å²) < 4.78 is 30.5. The highest BCUT2D eigenvalue weighted by atomic mass is 32.2. The Morgan fingerprint density at radius 3 is 2.85 bits per heavy atom. The molecular weight excluding hydrogens is 280 g/mol. The second-order valence-electron chi connectivity index (χ2n) is 4.16. The van der Waals surface area contributed by atoms with Crippen LogP contribution in [0.4, 0.5) is 0 Å². The summed E-state index contributed by atoms with van der Waals surface area (Å²) in [5.41, 5.74) is 0.684. The van der Waals surface area contributed by atoms with E-state index in [2.05, 4.69) is 0 Å². The molecule has 0 fully saturated rings. The van der Waals surface area contributed by atoms with Crippen LogP contribution in [0.25, 0.3) is 11.0 Å². The minimum absolute atomic E-state index is 0.129. The number of nitrogens with zero attached hydrogens (tertiary/aromatic N) is 1. The molecule has 0 saturated heterocycles. The minimum atomic E-state index is -3.74. The third kappa shape index (κ3) is 3.16. The van der Waals surface area contributed by atoms with Gasteiger partial charge in [-0.25, -0.2) is 13.1 Å². The van der Waals surface area contributed by atoms with Crippen LogP contribution in [0.2, 0.25) is 0 Å². The van der Waals surface area contributed by atoms with Crippen LogP contribution in [0.5, 0.6) is 0 Å². The number of carbonyl (C=O) groups excluding carboxylic acids is 1. The molecule has 1 amide bonds. The van der Waals surface area contributed by atoms with Crippen LogP contribution in [0.3, 0.4) is 0 Å². The number of furan rings is 1. The predicted molar refractivity (Wildman–Crippen MR) is 72.3 cm³/mol. The van der Waals surface area contributed by atoms with E-state index in [1.54, 1.807) is 24.3 Å². The molecular formula is C13H12N2O4S. The van der Waals surface area contributed by atoms with E-state index in [1.807, 2.05) is 10.8 Å². The minimum Gasteiger partial charge on any atom is -0.463 e. The summed E-state index contributed by atoms with van der Waals surface area (Å²) in [6.45, 7) is 0. The van der Waals surface area contributed by atoms with Crippen molar-refractivity contribution >= 4 is 26.9 Å². The zero-order chi connectivity index (χ0) is 14.6. The fourth-order valence-corrected chi connectivity index (χ4v) is 2.76. The molecule has 6 nitrogen and oxygen atoms in total. The molecule has 1 aromatic heterocycles. The molecule has 0 aliphatic heterocycles. The largest absolute Gasteiger partial charge is 0.463 e. The van der Waals surface area contributed by atoms with Crippen molar-refractivity contribution in [2.75, 3.05) is 5.75 Å². The highest BCUT2D eigenvalue weighted by Gasteiger charge is 2.19. The Labute approximate surface area is 116 Å². The van der Waals surface area contributed by atoms with Crippen LogP contribution >= 0.6 is 0 Å². The molecule has 1 aromatic carbocycles. The van der Waals surface area contributed by atoms with Gasteiger partial charge >= 0.3 is 0 Å². The maximum absolute atomic E-state index is 12.0. The average Bonchev–Trinajstić information content (AvgIpc) is 2.82. The molecule has 0 saturated carbocycles. The molecule has 7 heteroatoms. The summed E-state index contributed by atoms with van der Waals surface area (Å²) in [5, 5.41) is 8.92. The van der Waals surface area contributed by atoms with Gasteiger partial charge in [0.05, 0.1) is 17.4 Å². The van der Waals surface area contributed by atoms with Gasteiger partial charge in [0.25, 0.3) is 5.91 Å². The zero-order valence-corrected chi connectivity index (χ0v) is 11.3. The second kappa shape index (κ2) is 5.75. The summed E-state index contributed by atoms with van der Waals surface area (Å²) >= 11 is 0. The summed E-state index contributed by atoms with van der Waals surface area (Å²) in [7, 11) is -3.74. The van der Waals surface area contributed by atoms with Crippen LogP contribution in [0.1, 0.15) is 23.2 Å². The second-order valence-corrected chi connectivity index (χ2v) is 6.00. The van der Waals surface area contributed by atoms with E-state index in [4.69, 9.17) is 9.68 Å². The van der Waals surface area contributed by atoms with Crippen molar-refractivity contribution < 1.29 is 17.6 Å². The SMILES string of the molecule is N#CCCCS(=O)(=O)NC(=O)c1coc2ccccc12. The lowest BCUT2D eigenvalue weighted by atomic mass is 10.2. The van der Waals surface area contributed by atoms with Gasteiger partial charge in [0.1, 0.15) is 11.8 Å². The number of nitrogens with one attached hydrogen (secondary N) is 1. The molecule has 1 N–H and O–H groups in total. The predicted octanol–water partition coefficient (Wildman–Crippen LogP) is 1.80. The summed E-state index contributed by atoms with van der Waals surface area (Å²) in [6, 6.07) is 8.71. The van der Waals surface area contributed by atoms with Crippen LogP contribution in [0, 0.1) is 11.3 Å². The van der Waals surface area contributed by atoms with E-state index >= 15 is 0 Å².